The Kier molecular flexibility index (Phi) is 1.86. The smallest absolute Gasteiger partial charge is 0.144 e. The second-order valence-corrected chi connectivity index (χ2v) is 4.29. The van der Waals surface area contributed by atoms with Gasteiger partial charge in [-0.3, -0.25) is 0 Å². The van der Waals surface area contributed by atoms with Gasteiger partial charge < -0.3 is 4.40 Å². The van der Waals surface area contributed by atoms with Crippen LogP contribution in [0.15, 0.2) is 41.5 Å². The third-order valence-corrected chi connectivity index (χ3v) is 3.43. The first-order valence-corrected chi connectivity index (χ1v) is 5.75. The first kappa shape index (κ1) is 8.68. The molecule has 3 aromatic rings. The number of rotatable bonds is 1. The van der Waals surface area contributed by atoms with Crippen LogP contribution in [0.25, 0.3) is 16.8 Å². The zero-order valence-electron chi connectivity index (χ0n) is 8.34. The zero-order valence-corrected chi connectivity index (χ0v) is 9.16. The van der Waals surface area contributed by atoms with E-state index in [4.69, 9.17) is 0 Å². The van der Waals surface area contributed by atoms with Crippen LogP contribution in [0.1, 0.15) is 5.56 Å². The molecule has 15 heavy (non-hydrogen) atoms. The molecule has 3 rings (SSSR count). The summed E-state index contributed by atoms with van der Waals surface area (Å²) in [6.45, 7) is 2.14. The van der Waals surface area contributed by atoms with Crippen molar-refractivity contribution in [3.05, 3.63) is 47.0 Å². The molecule has 0 N–H and O–H groups in total. The van der Waals surface area contributed by atoms with Gasteiger partial charge in [-0.2, -0.15) is 11.3 Å². The minimum absolute atomic E-state index is 1.03. The molecule has 0 aromatic carbocycles. The molecule has 3 heteroatoms. The third-order valence-electron chi connectivity index (χ3n) is 2.56. The molecule has 3 heterocycles. The van der Waals surface area contributed by atoms with Gasteiger partial charge in [0.25, 0.3) is 0 Å². The maximum Gasteiger partial charge on any atom is 0.144 e. The first-order chi connectivity index (χ1) is 7.36. The molecule has 0 aliphatic rings. The predicted octanol–water partition coefficient (Wildman–Crippen LogP) is 3.37. The fraction of sp³-hybridized carbons (Fsp3) is 0.0833. The highest BCUT2D eigenvalue weighted by molar-refractivity contribution is 7.08. The van der Waals surface area contributed by atoms with E-state index in [0.29, 0.717) is 0 Å². The van der Waals surface area contributed by atoms with Gasteiger partial charge in [0.15, 0.2) is 0 Å². The molecule has 0 spiro atoms. The summed E-state index contributed by atoms with van der Waals surface area (Å²) in [6, 6.07) is 4.18. The molecule has 0 unspecified atom stereocenters. The van der Waals surface area contributed by atoms with Crippen molar-refractivity contribution in [2.24, 2.45) is 0 Å². The molecule has 0 amide bonds. The van der Waals surface area contributed by atoms with Crippen LogP contribution in [0.3, 0.4) is 0 Å². The van der Waals surface area contributed by atoms with Gasteiger partial charge in [0.2, 0.25) is 0 Å². The summed E-state index contributed by atoms with van der Waals surface area (Å²) in [7, 11) is 0. The Labute approximate surface area is 91.8 Å². The molecule has 0 saturated carbocycles. The van der Waals surface area contributed by atoms with E-state index in [9.17, 15) is 0 Å². The summed E-state index contributed by atoms with van der Waals surface area (Å²) in [5.74, 6) is 0. The van der Waals surface area contributed by atoms with Crippen molar-refractivity contribution in [3.8, 4) is 11.1 Å². The van der Waals surface area contributed by atoms with Crippen molar-refractivity contribution in [2.75, 3.05) is 0 Å². The number of aromatic nitrogens is 2. The highest BCUT2D eigenvalue weighted by Crippen LogP contribution is 2.29. The maximum atomic E-state index is 4.38. The number of hydrogen-bond donors (Lipinski definition) is 0. The van der Waals surface area contributed by atoms with Crippen LogP contribution in [0.2, 0.25) is 0 Å². The van der Waals surface area contributed by atoms with E-state index in [1.54, 1.807) is 11.3 Å². The second-order valence-electron chi connectivity index (χ2n) is 3.55. The molecule has 0 aliphatic carbocycles. The van der Waals surface area contributed by atoms with Gasteiger partial charge in [-0.05, 0) is 40.9 Å². The van der Waals surface area contributed by atoms with Gasteiger partial charge in [-0.1, -0.05) is 0 Å². The molecular weight excluding hydrogens is 204 g/mol. The van der Waals surface area contributed by atoms with Crippen LogP contribution in [0, 0.1) is 6.92 Å². The summed E-state index contributed by atoms with van der Waals surface area (Å²) in [4.78, 5) is 4.38. The fourth-order valence-electron chi connectivity index (χ4n) is 1.80. The number of pyridine rings is 1. The van der Waals surface area contributed by atoms with Gasteiger partial charge in [-0.25, -0.2) is 4.98 Å². The lowest BCUT2D eigenvalue weighted by atomic mass is 10.1. The Bertz CT molecular complexity index is 607. The van der Waals surface area contributed by atoms with Crippen molar-refractivity contribution in [1.29, 1.82) is 0 Å². The minimum Gasteiger partial charge on any atom is -0.307 e. The SMILES string of the molecule is Cc1cscc1-c1cccn2ccnc12. The molecule has 3 aromatic heterocycles. The van der Waals surface area contributed by atoms with Gasteiger partial charge in [-0.15, -0.1) is 0 Å². The molecule has 0 saturated heterocycles. The van der Waals surface area contributed by atoms with E-state index in [1.165, 1.54) is 16.7 Å². The third kappa shape index (κ3) is 1.27. The normalized spacial score (nSPS) is 11.0. The van der Waals surface area contributed by atoms with Crippen molar-refractivity contribution in [3.63, 3.8) is 0 Å². The molecule has 74 valence electrons. The van der Waals surface area contributed by atoms with Crippen LogP contribution >= 0.6 is 11.3 Å². The number of nitrogens with zero attached hydrogens (tertiary/aromatic N) is 2. The lowest BCUT2D eigenvalue weighted by Gasteiger charge is -2.02. The largest absolute Gasteiger partial charge is 0.307 e. The number of thiophene rings is 1. The van der Waals surface area contributed by atoms with Crippen LogP contribution in [0.5, 0.6) is 0 Å². The average molecular weight is 214 g/mol. The molecule has 0 bridgehead atoms. The van der Waals surface area contributed by atoms with Crippen molar-refractivity contribution >= 4 is 17.0 Å². The standard InChI is InChI=1S/C12H10N2S/c1-9-7-15-8-11(9)10-3-2-5-14-6-4-13-12(10)14/h2-8H,1H3. The first-order valence-electron chi connectivity index (χ1n) is 4.81. The summed E-state index contributed by atoms with van der Waals surface area (Å²) >= 11 is 1.74. The Morgan fingerprint density at radius 1 is 1.20 bits per heavy atom. The fourth-order valence-corrected chi connectivity index (χ4v) is 2.64. The van der Waals surface area contributed by atoms with Gasteiger partial charge in [0, 0.05) is 24.2 Å². The van der Waals surface area contributed by atoms with Crippen molar-refractivity contribution < 1.29 is 0 Å². The quantitative estimate of drug-likeness (QED) is 0.607. The second kappa shape index (κ2) is 3.21. The minimum atomic E-state index is 1.03. The highest BCUT2D eigenvalue weighted by Gasteiger charge is 2.07. The van der Waals surface area contributed by atoms with E-state index in [-0.39, 0.29) is 0 Å². The molecule has 0 aliphatic heterocycles. The Morgan fingerprint density at radius 3 is 2.93 bits per heavy atom. The zero-order chi connectivity index (χ0) is 10.3. The van der Waals surface area contributed by atoms with Gasteiger partial charge in [0.05, 0.1) is 0 Å². The Balaban J connectivity index is 2.36. The topological polar surface area (TPSA) is 17.3 Å². The van der Waals surface area contributed by atoms with E-state index in [1.807, 2.05) is 23.0 Å². The molecule has 0 radical (unpaired) electrons. The van der Waals surface area contributed by atoms with Crippen LogP contribution in [-0.2, 0) is 0 Å². The summed E-state index contributed by atoms with van der Waals surface area (Å²) < 4.78 is 2.05. The van der Waals surface area contributed by atoms with E-state index in [0.717, 1.165) is 5.65 Å². The lowest BCUT2D eigenvalue weighted by molar-refractivity contribution is 1.19. The van der Waals surface area contributed by atoms with Crippen LogP contribution in [0.4, 0.5) is 0 Å². The number of fused-ring (bicyclic) bond motifs is 1. The van der Waals surface area contributed by atoms with Gasteiger partial charge in [0.1, 0.15) is 5.65 Å². The maximum absolute atomic E-state index is 4.38. The molecule has 2 nitrogen and oxygen atoms in total. The number of aryl methyl sites for hydroxylation is 1. The Hall–Kier alpha value is -1.61. The Morgan fingerprint density at radius 2 is 2.13 bits per heavy atom. The monoisotopic (exact) mass is 214 g/mol. The van der Waals surface area contributed by atoms with Crippen molar-refractivity contribution in [1.82, 2.24) is 9.38 Å². The van der Waals surface area contributed by atoms with Gasteiger partial charge >= 0.3 is 0 Å². The number of hydrogen-bond acceptors (Lipinski definition) is 2. The molecule has 0 atom stereocenters. The van der Waals surface area contributed by atoms with Crippen LogP contribution in [-0.4, -0.2) is 9.38 Å². The highest BCUT2D eigenvalue weighted by atomic mass is 32.1. The van der Waals surface area contributed by atoms with Crippen LogP contribution < -0.4 is 0 Å². The molecule has 0 fully saturated rings. The molecular formula is C12H10N2S. The summed E-state index contributed by atoms with van der Waals surface area (Å²) in [6.07, 6.45) is 5.83. The lowest BCUT2D eigenvalue weighted by Crippen LogP contribution is -1.86. The van der Waals surface area contributed by atoms with E-state index >= 15 is 0 Å². The van der Waals surface area contributed by atoms with E-state index in [2.05, 4.69) is 34.8 Å². The van der Waals surface area contributed by atoms with Crippen molar-refractivity contribution in [2.45, 2.75) is 6.92 Å². The van der Waals surface area contributed by atoms with E-state index < -0.39 is 0 Å². The summed E-state index contributed by atoms with van der Waals surface area (Å²) in [5, 5.41) is 4.35. The summed E-state index contributed by atoms with van der Waals surface area (Å²) in [5.41, 5.74) is 4.84. The number of imidazole rings is 1. The average Bonchev–Trinajstić information content (AvgIpc) is 2.85. The predicted molar refractivity (Wildman–Crippen MR) is 63.2 cm³/mol.